The summed E-state index contributed by atoms with van der Waals surface area (Å²) in [6.45, 7) is 2.71. The Hall–Kier alpha value is -1.02. The van der Waals surface area contributed by atoms with E-state index >= 15 is 0 Å². The fourth-order valence-corrected chi connectivity index (χ4v) is 1.06. The van der Waals surface area contributed by atoms with Crippen molar-refractivity contribution in [3.8, 4) is 0 Å². The van der Waals surface area contributed by atoms with Gasteiger partial charge in [0.2, 0.25) is 0 Å². The van der Waals surface area contributed by atoms with Crippen LogP contribution in [0.3, 0.4) is 0 Å². The lowest BCUT2D eigenvalue weighted by Gasteiger charge is -2.10. The predicted octanol–water partition coefficient (Wildman–Crippen LogP) is 2.82. The summed E-state index contributed by atoms with van der Waals surface area (Å²) in [7, 11) is 3.97. The maximum Gasteiger partial charge on any atom is 0.0956 e. The third-order valence-corrected chi connectivity index (χ3v) is 2.30. The zero-order valence-electron chi connectivity index (χ0n) is 8.79. The van der Waals surface area contributed by atoms with Crippen LogP contribution in [0.4, 0.5) is 0 Å². The number of rotatable bonds is 2. The van der Waals surface area contributed by atoms with E-state index in [1.165, 1.54) is 5.56 Å². The molecule has 1 aromatic rings. The van der Waals surface area contributed by atoms with Gasteiger partial charge in [0, 0.05) is 19.1 Å². The van der Waals surface area contributed by atoms with E-state index in [0.29, 0.717) is 6.54 Å². The van der Waals surface area contributed by atoms with E-state index in [0.717, 1.165) is 10.9 Å². The molecular weight excluding hydrogens is 196 g/mol. The van der Waals surface area contributed by atoms with Gasteiger partial charge in [-0.15, -0.1) is 0 Å². The van der Waals surface area contributed by atoms with Gasteiger partial charge in [-0.05, 0) is 24.6 Å². The molecule has 0 spiro atoms. The molecule has 0 amide bonds. The molecule has 0 atom stereocenters. The van der Waals surface area contributed by atoms with E-state index in [1.807, 2.05) is 50.2 Å². The summed E-state index contributed by atoms with van der Waals surface area (Å²) in [4.78, 5) is 6.42. The molecule has 76 valence electrons. The van der Waals surface area contributed by atoms with Crippen LogP contribution >= 0.6 is 11.6 Å². The largest absolute Gasteiger partial charge is 0.367 e. The molecule has 0 aliphatic rings. The van der Waals surface area contributed by atoms with Crippen LogP contribution in [-0.2, 0) is 6.54 Å². The van der Waals surface area contributed by atoms with Crippen LogP contribution in [0.25, 0.3) is 0 Å². The van der Waals surface area contributed by atoms with Gasteiger partial charge in [-0.3, -0.25) is 4.99 Å². The number of benzene rings is 1. The monoisotopic (exact) mass is 210 g/mol. The van der Waals surface area contributed by atoms with Gasteiger partial charge < -0.3 is 4.90 Å². The van der Waals surface area contributed by atoms with Gasteiger partial charge in [0.1, 0.15) is 0 Å². The van der Waals surface area contributed by atoms with Gasteiger partial charge in [-0.25, -0.2) is 0 Å². The van der Waals surface area contributed by atoms with E-state index in [9.17, 15) is 0 Å². The number of nitrogens with zero attached hydrogens (tertiary/aromatic N) is 2. The van der Waals surface area contributed by atoms with Crippen LogP contribution in [0.5, 0.6) is 0 Å². The molecule has 0 saturated heterocycles. The molecule has 0 saturated carbocycles. The zero-order chi connectivity index (χ0) is 10.6. The maximum absolute atomic E-state index is 5.78. The Morgan fingerprint density at radius 2 is 1.86 bits per heavy atom. The summed E-state index contributed by atoms with van der Waals surface area (Å²) in [5, 5.41) is 0.766. The van der Waals surface area contributed by atoms with Crippen LogP contribution in [-0.4, -0.2) is 24.8 Å². The molecule has 0 aliphatic carbocycles. The standard InChI is InChI=1S/C11H15ClN2/c1-9(14(2)3)13-8-10-4-6-11(12)7-5-10/h4-7H,8H2,1-3H3. The highest BCUT2D eigenvalue weighted by molar-refractivity contribution is 6.30. The van der Waals surface area contributed by atoms with E-state index < -0.39 is 0 Å². The van der Waals surface area contributed by atoms with Gasteiger partial charge in [0.05, 0.1) is 12.4 Å². The molecule has 0 heterocycles. The number of hydrogen-bond acceptors (Lipinski definition) is 1. The van der Waals surface area contributed by atoms with Gasteiger partial charge >= 0.3 is 0 Å². The number of aliphatic imine (C=N–C) groups is 1. The molecule has 0 aromatic heterocycles. The average molecular weight is 211 g/mol. The summed E-state index contributed by atoms with van der Waals surface area (Å²) in [6.07, 6.45) is 0. The van der Waals surface area contributed by atoms with Crippen molar-refractivity contribution in [3.05, 3.63) is 34.9 Å². The average Bonchev–Trinajstić information content (AvgIpc) is 2.16. The van der Waals surface area contributed by atoms with Gasteiger partial charge in [-0.2, -0.15) is 0 Å². The molecule has 0 N–H and O–H groups in total. The van der Waals surface area contributed by atoms with Gasteiger partial charge in [-0.1, -0.05) is 23.7 Å². The number of halogens is 1. The minimum Gasteiger partial charge on any atom is -0.367 e. The maximum atomic E-state index is 5.78. The van der Waals surface area contributed by atoms with Crippen molar-refractivity contribution in [1.82, 2.24) is 4.90 Å². The number of hydrogen-bond donors (Lipinski definition) is 0. The lowest BCUT2D eigenvalue weighted by atomic mass is 10.2. The first-order valence-corrected chi connectivity index (χ1v) is 4.90. The second-order valence-electron chi connectivity index (χ2n) is 3.38. The SMILES string of the molecule is CC(=NCc1ccc(Cl)cc1)N(C)C. The first-order chi connectivity index (χ1) is 6.59. The van der Waals surface area contributed by atoms with Crippen molar-refractivity contribution in [2.24, 2.45) is 4.99 Å². The third-order valence-electron chi connectivity index (χ3n) is 2.05. The van der Waals surface area contributed by atoms with Crippen molar-refractivity contribution in [1.29, 1.82) is 0 Å². The molecule has 0 bridgehead atoms. The Morgan fingerprint density at radius 1 is 1.29 bits per heavy atom. The predicted molar refractivity (Wildman–Crippen MR) is 62.0 cm³/mol. The summed E-state index contributed by atoms with van der Waals surface area (Å²) in [5.74, 6) is 1.03. The van der Waals surface area contributed by atoms with E-state index in [4.69, 9.17) is 11.6 Å². The van der Waals surface area contributed by atoms with Gasteiger partial charge in [0.25, 0.3) is 0 Å². The first kappa shape index (κ1) is 11.1. The van der Waals surface area contributed by atoms with Crippen LogP contribution in [0.2, 0.25) is 5.02 Å². The summed E-state index contributed by atoms with van der Waals surface area (Å²) < 4.78 is 0. The third kappa shape index (κ3) is 3.38. The summed E-state index contributed by atoms with van der Waals surface area (Å²) in [5.41, 5.74) is 1.18. The second-order valence-corrected chi connectivity index (χ2v) is 3.82. The first-order valence-electron chi connectivity index (χ1n) is 4.52. The van der Waals surface area contributed by atoms with Crippen LogP contribution < -0.4 is 0 Å². The normalized spacial score (nSPS) is 11.6. The highest BCUT2D eigenvalue weighted by Gasteiger charge is 1.94. The van der Waals surface area contributed by atoms with Crippen LogP contribution in [0, 0.1) is 0 Å². The van der Waals surface area contributed by atoms with Crippen molar-refractivity contribution >= 4 is 17.4 Å². The summed E-state index contributed by atoms with van der Waals surface area (Å²) >= 11 is 5.78. The fourth-order valence-electron chi connectivity index (χ4n) is 0.937. The van der Waals surface area contributed by atoms with Crippen molar-refractivity contribution in [2.75, 3.05) is 14.1 Å². The molecule has 14 heavy (non-hydrogen) atoms. The minimum atomic E-state index is 0.710. The molecule has 1 rings (SSSR count). The Labute approximate surface area is 90.2 Å². The Kier molecular flexibility index (Phi) is 3.96. The van der Waals surface area contributed by atoms with Crippen molar-refractivity contribution in [3.63, 3.8) is 0 Å². The molecule has 2 nitrogen and oxygen atoms in total. The van der Waals surface area contributed by atoms with Crippen molar-refractivity contribution in [2.45, 2.75) is 13.5 Å². The lowest BCUT2D eigenvalue weighted by Crippen LogP contribution is -2.18. The van der Waals surface area contributed by atoms with Crippen molar-refractivity contribution < 1.29 is 0 Å². The Balaban J connectivity index is 2.62. The highest BCUT2D eigenvalue weighted by atomic mass is 35.5. The van der Waals surface area contributed by atoms with E-state index in [-0.39, 0.29) is 0 Å². The minimum absolute atomic E-state index is 0.710. The quantitative estimate of drug-likeness (QED) is 0.542. The molecule has 1 aromatic carbocycles. The topological polar surface area (TPSA) is 15.6 Å². The molecular formula is C11H15ClN2. The van der Waals surface area contributed by atoms with Crippen LogP contribution in [0.1, 0.15) is 12.5 Å². The molecule has 0 unspecified atom stereocenters. The van der Waals surface area contributed by atoms with E-state index in [2.05, 4.69) is 4.99 Å². The highest BCUT2D eigenvalue weighted by Crippen LogP contribution is 2.10. The van der Waals surface area contributed by atoms with E-state index in [1.54, 1.807) is 0 Å². The molecule has 3 heteroatoms. The molecule has 0 radical (unpaired) electrons. The second kappa shape index (κ2) is 5.01. The number of amidine groups is 1. The lowest BCUT2D eigenvalue weighted by molar-refractivity contribution is 0.613. The molecule has 0 fully saturated rings. The molecule has 0 aliphatic heterocycles. The Bertz CT molecular complexity index is 315. The van der Waals surface area contributed by atoms with Crippen LogP contribution in [0.15, 0.2) is 29.3 Å². The summed E-state index contributed by atoms with van der Waals surface area (Å²) in [6, 6.07) is 7.76. The Morgan fingerprint density at radius 3 is 2.36 bits per heavy atom. The fraction of sp³-hybridized carbons (Fsp3) is 0.364. The zero-order valence-corrected chi connectivity index (χ0v) is 9.54. The smallest absolute Gasteiger partial charge is 0.0956 e. The van der Waals surface area contributed by atoms with Gasteiger partial charge in [0.15, 0.2) is 0 Å².